The van der Waals surface area contributed by atoms with Crippen LogP contribution in [-0.4, -0.2) is 34.5 Å². The van der Waals surface area contributed by atoms with Gasteiger partial charge in [-0.2, -0.15) is 4.98 Å². The van der Waals surface area contributed by atoms with E-state index in [0.29, 0.717) is 36.0 Å². The minimum atomic E-state index is -0.468. The van der Waals surface area contributed by atoms with Crippen LogP contribution < -0.4 is 10.6 Å². The van der Waals surface area contributed by atoms with Crippen molar-refractivity contribution in [3.05, 3.63) is 41.5 Å². The molecule has 0 bridgehead atoms. The number of nitrogens with zero attached hydrogens (tertiary/aromatic N) is 2. The minimum Gasteiger partial charge on any atom is -0.354 e. The van der Waals surface area contributed by atoms with E-state index in [4.69, 9.17) is 4.52 Å². The topological polar surface area (TPSA) is 97.1 Å². The second kappa shape index (κ2) is 7.48. The Hall–Kier alpha value is -2.35. The first-order chi connectivity index (χ1) is 11.6. The first-order valence-electron chi connectivity index (χ1n) is 7.73. The first-order valence-corrected chi connectivity index (χ1v) is 8.71. The van der Waals surface area contributed by atoms with Crippen LogP contribution in [0.4, 0.5) is 0 Å². The number of benzene rings is 1. The van der Waals surface area contributed by atoms with Crippen molar-refractivity contribution in [3.63, 3.8) is 0 Å². The number of amides is 2. The molecule has 1 atom stereocenters. The van der Waals surface area contributed by atoms with Gasteiger partial charge >= 0.3 is 0 Å². The highest BCUT2D eigenvalue weighted by Crippen LogP contribution is 2.25. The van der Waals surface area contributed by atoms with Gasteiger partial charge in [0.25, 0.3) is 5.91 Å². The average molecular weight is 346 g/mol. The van der Waals surface area contributed by atoms with Gasteiger partial charge < -0.3 is 15.2 Å². The largest absolute Gasteiger partial charge is 0.354 e. The maximum absolute atomic E-state index is 12.5. The van der Waals surface area contributed by atoms with Crippen LogP contribution in [0.1, 0.15) is 34.9 Å². The van der Waals surface area contributed by atoms with Crippen molar-refractivity contribution in [1.82, 2.24) is 20.8 Å². The number of rotatable bonds is 5. The molecule has 0 saturated carbocycles. The van der Waals surface area contributed by atoms with Crippen LogP contribution in [0.15, 0.2) is 33.7 Å². The van der Waals surface area contributed by atoms with E-state index in [-0.39, 0.29) is 11.8 Å². The number of hydrogen-bond acceptors (Lipinski definition) is 6. The Bertz CT molecular complexity index is 746. The fourth-order valence-electron chi connectivity index (χ4n) is 2.47. The summed E-state index contributed by atoms with van der Waals surface area (Å²) in [5.41, 5.74) is 0.543. The van der Waals surface area contributed by atoms with E-state index in [1.807, 2.05) is 12.1 Å². The van der Waals surface area contributed by atoms with E-state index in [2.05, 4.69) is 20.8 Å². The van der Waals surface area contributed by atoms with Crippen LogP contribution in [0.5, 0.6) is 0 Å². The Morgan fingerprint density at radius 2 is 2.29 bits per heavy atom. The molecule has 1 aromatic heterocycles. The van der Waals surface area contributed by atoms with Crippen LogP contribution in [0.3, 0.4) is 0 Å². The standard InChI is InChI=1S/C16H18N4O3S/c1-10-18-14(20-23-10)9-24-13-7-3-2-5-11(13)15(21)19-12-6-4-8-17-16(12)22/h2-3,5,7,12H,4,6,8-9H2,1H3,(H,17,22)(H,19,21)/t12-/m1/s1. The molecule has 24 heavy (non-hydrogen) atoms. The molecule has 7 nitrogen and oxygen atoms in total. The Kier molecular flexibility index (Phi) is 5.14. The summed E-state index contributed by atoms with van der Waals surface area (Å²) in [5.74, 6) is 1.23. The highest BCUT2D eigenvalue weighted by molar-refractivity contribution is 7.98. The number of hydrogen-bond donors (Lipinski definition) is 2. The third kappa shape index (κ3) is 3.94. The molecule has 1 aliphatic rings. The van der Waals surface area contributed by atoms with Gasteiger partial charge in [0.15, 0.2) is 5.82 Å². The van der Waals surface area contributed by atoms with Crippen molar-refractivity contribution in [2.24, 2.45) is 0 Å². The fourth-order valence-corrected chi connectivity index (χ4v) is 3.36. The Balaban J connectivity index is 1.68. The molecule has 2 aromatic rings. The van der Waals surface area contributed by atoms with E-state index in [1.54, 1.807) is 19.1 Å². The van der Waals surface area contributed by atoms with Gasteiger partial charge in [-0.05, 0) is 25.0 Å². The predicted octanol–water partition coefficient (Wildman–Crippen LogP) is 1.68. The lowest BCUT2D eigenvalue weighted by Gasteiger charge is -2.23. The summed E-state index contributed by atoms with van der Waals surface area (Å²) in [4.78, 5) is 29.3. The van der Waals surface area contributed by atoms with Crippen molar-refractivity contribution in [2.45, 2.75) is 36.5 Å². The Labute approximate surface area is 143 Å². The summed E-state index contributed by atoms with van der Waals surface area (Å²) in [6.45, 7) is 2.40. The molecule has 3 rings (SSSR count). The fraction of sp³-hybridized carbons (Fsp3) is 0.375. The molecule has 1 aliphatic heterocycles. The summed E-state index contributed by atoms with van der Waals surface area (Å²) in [6, 6.07) is 6.82. The smallest absolute Gasteiger partial charge is 0.253 e. The van der Waals surface area contributed by atoms with E-state index >= 15 is 0 Å². The number of aryl methyl sites for hydroxylation is 1. The first kappa shape index (κ1) is 16.5. The molecule has 2 amide bonds. The lowest BCUT2D eigenvalue weighted by molar-refractivity contribution is -0.124. The predicted molar refractivity (Wildman–Crippen MR) is 88.5 cm³/mol. The van der Waals surface area contributed by atoms with Gasteiger partial charge in [-0.25, -0.2) is 0 Å². The highest BCUT2D eigenvalue weighted by Gasteiger charge is 2.24. The molecule has 1 fully saturated rings. The third-order valence-corrected chi connectivity index (χ3v) is 4.72. The molecule has 2 heterocycles. The van der Waals surface area contributed by atoms with Crippen LogP contribution in [0, 0.1) is 6.92 Å². The second-order valence-corrected chi connectivity index (χ2v) is 6.49. The van der Waals surface area contributed by atoms with Crippen LogP contribution in [0.2, 0.25) is 0 Å². The zero-order chi connectivity index (χ0) is 16.9. The quantitative estimate of drug-likeness (QED) is 0.800. The number of thioether (sulfide) groups is 1. The normalized spacial score (nSPS) is 17.4. The van der Waals surface area contributed by atoms with Crippen molar-refractivity contribution in [2.75, 3.05) is 6.54 Å². The molecule has 1 saturated heterocycles. The van der Waals surface area contributed by atoms with Gasteiger partial charge in [0, 0.05) is 18.4 Å². The van der Waals surface area contributed by atoms with Gasteiger partial charge in [0.2, 0.25) is 11.8 Å². The van der Waals surface area contributed by atoms with E-state index < -0.39 is 6.04 Å². The zero-order valence-corrected chi connectivity index (χ0v) is 14.1. The second-order valence-electron chi connectivity index (χ2n) is 5.47. The monoisotopic (exact) mass is 346 g/mol. The SMILES string of the molecule is Cc1nc(CSc2ccccc2C(=O)N[C@@H]2CCCNC2=O)no1. The molecule has 8 heteroatoms. The van der Waals surface area contributed by atoms with Crippen molar-refractivity contribution in [3.8, 4) is 0 Å². The lowest BCUT2D eigenvalue weighted by Crippen LogP contribution is -2.50. The molecule has 0 radical (unpaired) electrons. The highest BCUT2D eigenvalue weighted by atomic mass is 32.2. The zero-order valence-electron chi connectivity index (χ0n) is 13.2. The average Bonchev–Trinajstić information content (AvgIpc) is 3.01. The van der Waals surface area contributed by atoms with E-state index in [9.17, 15) is 9.59 Å². The van der Waals surface area contributed by atoms with Crippen molar-refractivity contribution < 1.29 is 14.1 Å². The number of carbonyl (C=O) groups excluding carboxylic acids is 2. The van der Waals surface area contributed by atoms with Gasteiger partial charge in [-0.3, -0.25) is 9.59 Å². The van der Waals surface area contributed by atoms with Gasteiger partial charge in [-0.15, -0.1) is 11.8 Å². The van der Waals surface area contributed by atoms with Crippen molar-refractivity contribution >= 4 is 23.6 Å². The number of carbonyl (C=O) groups is 2. The molecule has 0 unspecified atom stereocenters. The summed E-state index contributed by atoms with van der Waals surface area (Å²) in [5, 5.41) is 9.43. The summed E-state index contributed by atoms with van der Waals surface area (Å²) in [6.07, 6.45) is 1.53. The molecular formula is C16H18N4O3S. The summed E-state index contributed by atoms with van der Waals surface area (Å²) >= 11 is 1.46. The van der Waals surface area contributed by atoms with E-state index in [0.717, 1.165) is 11.3 Å². The van der Waals surface area contributed by atoms with Crippen LogP contribution in [0.25, 0.3) is 0 Å². The lowest BCUT2D eigenvalue weighted by atomic mass is 10.1. The summed E-state index contributed by atoms with van der Waals surface area (Å²) < 4.78 is 4.94. The third-order valence-electron chi connectivity index (χ3n) is 3.65. The Morgan fingerprint density at radius 1 is 1.46 bits per heavy atom. The van der Waals surface area contributed by atoms with Gasteiger partial charge in [0.05, 0.1) is 11.3 Å². The minimum absolute atomic E-state index is 0.123. The molecule has 0 spiro atoms. The van der Waals surface area contributed by atoms with E-state index in [1.165, 1.54) is 11.8 Å². The number of piperidine rings is 1. The van der Waals surface area contributed by atoms with Crippen LogP contribution in [-0.2, 0) is 10.5 Å². The Morgan fingerprint density at radius 3 is 3.04 bits per heavy atom. The molecular weight excluding hydrogens is 328 g/mol. The molecule has 0 aliphatic carbocycles. The number of nitrogens with one attached hydrogen (secondary N) is 2. The van der Waals surface area contributed by atoms with Gasteiger partial charge in [0.1, 0.15) is 6.04 Å². The van der Waals surface area contributed by atoms with Gasteiger partial charge in [-0.1, -0.05) is 17.3 Å². The van der Waals surface area contributed by atoms with Crippen molar-refractivity contribution in [1.29, 1.82) is 0 Å². The maximum atomic E-state index is 12.5. The maximum Gasteiger partial charge on any atom is 0.253 e. The molecule has 1 aromatic carbocycles. The molecule has 2 N–H and O–H groups in total. The molecule has 126 valence electrons. The summed E-state index contributed by atoms with van der Waals surface area (Å²) in [7, 11) is 0. The van der Waals surface area contributed by atoms with Crippen LogP contribution >= 0.6 is 11.8 Å². The number of aromatic nitrogens is 2.